The largest absolute Gasteiger partial charge is 0.464 e. The minimum atomic E-state index is -1.51. The van der Waals surface area contributed by atoms with E-state index in [0.717, 1.165) is 32.1 Å². The second kappa shape index (κ2) is 11.9. The molecule has 1 aromatic rings. The van der Waals surface area contributed by atoms with Gasteiger partial charge in [0.25, 0.3) is 0 Å². The molecule has 0 aromatic carbocycles. The van der Waals surface area contributed by atoms with Crippen molar-refractivity contribution in [2.75, 3.05) is 19.8 Å². The molecule has 11 heteroatoms. The molecule has 0 bridgehead atoms. The van der Waals surface area contributed by atoms with Gasteiger partial charge in [-0.05, 0) is 63.8 Å². The Labute approximate surface area is 189 Å². The fourth-order valence-corrected chi connectivity index (χ4v) is 4.53. The monoisotopic (exact) mass is 451 g/mol. The van der Waals surface area contributed by atoms with Gasteiger partial charge >= 0.3 is 11.9 Å². The third kappa shape index (κ3) is 6.98. The van der Waals surface area contributed by atoms with Gasteiger partial charge in [0.15, 0.2) is 5.82 Å². The third-order valence-electron chi connectivity index (χ3n) is 6.28. The lowest BCUT2D eigenvalue weighted by atomic mass is 9.69. The molecule has 1 aliphatic heterocycles. The van der Waals surface area contributed by atoms with E-state index < -0.39 is 29.9 Å². The van der Waals surface area contributed by atoms with E-state index in [9.17, 15) is 14.4 Å². The highest BCUT2D eigenvalue weighted by molar-refractivity contribution is 5.84. The number of nitrogens with zero attached hydrogens (tertiary/aromatic N) is 3. The van der Waals surface area contributed by atoms with Crippen LogP contribution in [0.3, 0.4) is 0 Å². The van der Waals surface area contributed by atoms with Crippen molar-refractivity contribution >= 4 is 17.8 Å². The summed E-state index contributed by atoms with van der Waals surface area (Å²) in [6, 6.07) is -2.28. The fourth-order valence-electron chi connectivity index (χ4n) is 4.53. The number of amides is 1. The minimum absolute atomic E-state index is 0.0875. The summed E-state index contributed by atoms with van der Waals surface area (Å²) in [5.41, 5.74) is 0. The van der Waals surface area contributed by atoms with Crippen LogP contribution in [0.4, 0.5) is 0 Å². The summed E-state index contributed by atoms with van der Waals surface area (Å²) in [6.07, 6.45) is 5.18. The Hall–Kier alpha value is -2.56. The zero-order chi connectivity index (χ0) is 23.8. The SMILES string of the molecule is [2H][C@@]1(C(=O)OCCC(=O)N[C@@H](C)C(=O)OCC)C[C@H]2C[C@@H](CCc3nn[nH]n3)CC[C@H]2CN1. The molecule has 178 valence electrons. The molecule has 0 radical (unpaired) electrons. The van der Waals surface area contributed by atoms with Gasteiger partial charge in [-0.3, -0.25) is 9.59 Å². The van der Waals surface area contributed by atoms with Crippen LogP contribution in [0.1, 0.15) is 59.6 Å². The number of nitrogens with one attached hydrogen (secondary N) is 3. The number of hydrogen-bond donors (Lipinski definition) is 3. The number of aryl methyl sites for hydroxylation is 1. The molecule has 1 saturated carbocycles. The first-order valence-electron chi connectivity index (χ1n) is 11.9. The van der Waals surface area contributed by atoms with E-state index in [4.69, 9.17) is 10.8 Å². The van der Waals surface area contributed by atoms with Crippen molar-refractivity contribution in [2.24, 2.45) is 17.8 Å². The lowest BCUT2D eigenvalue weighted by Crippen LogP contribution is -2.50. The number of esters is 2. The maximum Gasteiger partial charge on any atom is 0.328 e. The smallest absolute Gasteiger partial charge is 0.328 e. The van der Waals surface area contributed by atoms with Crippen LogP contribution in [-0.2, 0) is 30.3 Å². The predicted octanol–water partition coefficient (Wildman–Crippen LogP) is 0.528. The summed E-state index contributed by atoms with van der Waals surface area (Å²) in [5, 5.41) is 19.6. The van der Waals surface area contributed by atoms with Gasteiger partial charge in [-0.1, -0.05) is 11.6 Å². The summed E-state index contributed by atoms with van der Waals surface area (Å²) in [7, 11) is 0. The molecule has 5 atom stereocenters. The molecule has 1 aliphatic carbocycles. The highest BCUT2D eigenvalue weighted by Crippen LogP contribution is 2.40. The molecule has 1 aromatic heterocycles. The van der Waals surface area contributed by atoms with Crippen molar-refractivity contribution in [2.45, 2.75) is 70.9 Å². The van der Waals surface area contributed by atoms with E-state index in [-0.39, 0.29) is 25.6 Å². The van der Waals surface area contributed by atoms with Crippen LogP contribution >= 0.6 is 0 Å². The topological polar surface area (TPSA) is 148 Å². The summed E-state index contributed by atoms with van der Waals surface area (Å²) in [4.78, 5) is 36.2. The van der Waals surface area contributed by atoms with Gasteiger partial charge in [0.1, 0.15) is 18.7 Å². The van der Waals surface area contributed by atoms with Crippen LogP contribution in [0.25, 0.3) is 0 Å². The van der Waals surface area contributed by atoms with Gasteiger partial charge in [0.05, 0.1) is 14.4 Å². The highest BCUT2D eigenvalue weighted by Gasteiger charge is 2.38. The zero-order valence-corrected chi connectivity index (χ0v) is 18.8. The zero-order valence-electron chi connectivity index (χ0n) is 19.8. The Morgan fingerprint density at radius 3 is 2.84 bits per heavy atom. The minimum Gasteiger partial charge on any atom is -0.464 e. The number of rotatable bonds is 10. The predicted molar refractivity (Wildman–Crippen MR) is 113 cm³/mol. The van der Waals surface area contributed by atoms with Crippen LogP contribution in [0, 0.1) is 17.8 Å². The van der Waals surface area contributed by atoms with E-state index >= 15 is 0 Å². The average molecular weight is 452 g/mol. The molecule has 0 spiro atoms. The number of aromatic nitrogens is 4. The number of fused-ring (bicyclic) bond motifs is 1. The molecule has 2 heterocycles. The molecule has 1 saturated heterocycles. The standard InChI is InChI=1S/C21H34N6O5/c1-3-31-20(29)13(2)23-19(28)8-9-32-21(30)17-11-16-10-14(4-6-15(16)12-22-17)5-7-18-24-26-27-25-18/h13-17,22H,3-12H2,1-2H3,(H,23,28)(H,24,25,26,27)/t13-,14+,15-,16+,17-/m0/s1/i17D. The molecular weight excluding hydrogens is 416 g/mol. The fraction of sp³-hybridized carbons (Fsp3) is 0.810. The van der Waals surface area contributed by atoms with E-state index in [1.807, 2.05) is 0 Å². The molecule has 2 fully saturated rings. The number of piperidine rings is 1. The van der Waals surface area contributed by atoms with Crippen molar-refractivity contribution in [1.29, 1.82) is 0 Å². The van der Waals surface area contributed by atoms with Crippen LogP contribution < -0.4 is 10.6 Å². The molecule has 2 aliphatic rings. The van der Waals surface area contributed by atoms with Crippen molar-refractivity contribution in [3.05, 3.63) is 5.82 Å². The van der Waals surface area contributed by atoms with Crippen LogP contribution in [0.2, 0.25) is 0 Å². The lowest BCUT2D eigenvalue weighted by molar-refractivity contribution is -0.150. The quantitative estimate of drug-likeness (QED) is 0.433. The number of tetrazole rings is 1. The number of aromatic amines is 1. The van der Waals surface area contributed by atoms with Crippen LogP contribution in [0.15, 0.2) is 0 Å². The van der Waals surface area contributed by atoms with Gasteiger partial charge < -0.3 is 20.1 Å². The Morgan fingerprint density at radius 1 is 1.25 bits per heavy atom. The summed E-state index contributed by atoms with van der Waals surface area (Å²) in [5.74, 6) is 0.338. The van der Waals surface area contributed by atoms with Gasteiger partial charge in [-0.25, -0.2) is 4.79 Å². The number of carbonyl (C=O) groups is 3. The Bertz CT molecular complexity index is 809. The second-order valence-corrected chi connectivity index (χ2v) is 8.56. The molecule has 0 unspecified atom stereocenters. The average Bonchev–Trinajstić information content (AvgIpc) is 3.31. The summed E-state index contributed by atoms with van der Waals surface area (Å²) in [6.45, 7) is 3.91. The molecule has 1 amide bonds. The Morgan fingerprint density at radius 2 is 2.09 bits per heavy atom. The van der Waals surface area contributed by atoms with Gasteiger partial charge in [0, 0.05) is 6.42 Å². The van der Waals surface area contributed by atoms with Crippen molar-refractivity contribution in [1.82, 2.24) is 31.3 Å². The van der Waals surface area contributed by atoms with E-state index in [1.165, 1.54) is 6.92 Å². The van der Waals surface area contributed by atoms with E-state index in [2.05, 4.69) is 31.3 Å². The third-order valence-corrected chi connectivity index (χ3v) is 6.28. The van der Waals surface area contributed by atoms with Crippen molar-refractivity contribution < 1.29 is 25.2 Å². The van der Waals surface area contributed by atoms with E-state index in [1.54, 1.807) is 6.92 Å². The normalized spacial score (nSPS) is 28.7. The Balaban J connectivity index is 1.42. The van der Waals surface area contributed by atoms with E-state index in [0.29, 0.717) is 30.6 Å². The molecule has 3 rings (SSSR count). The van der Waals surface area contributed by atoms with Crippen molar-refractivity contribution in [3.63, 3.8) is 0 Å². The summed E-state index contributed by atoms with van der Waals surface area (Å²) < 4.78 is 18.7. The maximum absolute atomic E-state index is 12.6. The van der Waals surface area contributed by atoms with Gasteiger partial charge in [0.2, 0.25) is 5.91 Å². The number of H-pyrrole nitrogens is 1. The first-order chi connectivity index (χ1) is 15.8. The molecule has 32 heavy (non-hydrogen) atoms. The highest BCUT2D eigenvalue weighted by atomic mass is 16.5. The van der Waals surface area contributed by atoms with Crippen molar-refractivity contribution in [3.8, 4) is 0 Å². The maximum atomic E-state index is 12.6. The molecular formula is C21H34N6O5. The first kappa shape index (κ1) is 22.6. The summed E-state index contributed by atoms with van der Waals surface area (Å²) >= 11 is 0. The molecule has 3 N–H and O–H groups in total. The lowest BCUT2D eigenvalue weighted by Gasteiger charge is -2.42. The number of hydrogen-bond acceptors (Lipinski definition) is 9. The van der Waals surface area contributed by atoms with Gasteiger partial charge in [-0.15, -0.1) is 10.2 Å². The number of carbonyl (C=O) groups excluding carboxylic acids is 3. The van der Waals surface area contributed by atoms with Crippen LogP contribution in [-0.4, -0.2) is 70.3 Å². The van der Waals surface area contributed by atoms with Crippen LogP contribution in [0.5, 0.6) is 0 Å². The number of ether oxygens (including phenoxy) is 2. The van der Waals surface area contributed by atoms with Gasteiger partial charge in [-0.2, -0.15) is 5.21 Å². The second-order valence-electron chi connectivity index (χ2n) is 8.56. The Kier molecular flexibility index (Phi) is 8.41. The molecule has 11 nitrogen and oxygen atoms in total. The first-order valence-corrected chi connectivity index (χ1v) is 11.4.